The van der Waals surface area contributed by atoms with E-state index in [1.54, 1.807) is 13.0 Å². The molecule has 1 aromatic carbocycles. The van der Waals surface area contributed by atoms with Crippen LogP contribution in [0.3, 0.4) is 0 Å². The molecule has 0 fully saturated rings. The molecule has 8 heteroatoms. The van der Waals surface area contributed by atoms with E-state index in [0.717, 1.165) is 18.3 Å². The van der Waals surface area contributed by atoms with Crippen molar-refractivity contribution in [3.63, 3.8) is 0 Å². The van der Waals surface area contributed by atoms with Crippen molar-refractivity contribution in [2.75, 3.05) is 0 Å². The van der Waals surface area contributed by atoms with E-state index >= 15 is 0 Å². The summed E-state index contributed by atoms with van der Waals surface area (Å²) >= 11 is 0. The fraction of sp³-hybridized carbons (Fsp3) is 0.133. The van der Waals surface area contributed by atoms with Crippen LogP contribution in [0.25, 0.3) is 0 Å². The van der Waals surface area contributed by atoms with Gasteiger partial charge in [0.25, 0.3) is 15.9 Å². The van der Waals surface area contributed by atoms with Crippen LogP contribution in [0.15, 0.2) is 41.6 Å². The minimum absolute atomic E-state index is 0.0411. The number of hydrogen-bond donors (Lipinski definition) is 1. The van der Waals surface area contributed by atoms with Gasteiger partial charge in [0, 0.05) is 18.0 Å². The van der Waals surface area contributed by atoms with Gasteiger partial charge in [-0.05, 0) is 36.2 Å². The summed E-state index contributed by atoms with van der Waals surface area (Å²) in [6, 6.07) is 6.48. The Labute approximate surface area is 132 Å². The molecule has 1 aromatic heterocycles. The maximum absolute atomic E-state index is 13.5. The summed E-state index contributed by atoms with van der Waals surface area (Å²) in [5.74, 6) is -1.58. The molecule has 1 N–H and O–H groups in total. The molecule has 0 bridgehead atoms. The third-order valence-electron chi connectivity index (χ3n) is 3.01. The van der Waals surface area contributed by atoms with Crippen molar-refractivity contribution >= 4 is 15.9 Å². The first-order valence-corrected chi connectivity index (χ1v) is 8.06. The van der Waals surface area contributed by atoms with Crippen molar-refractivity contribution in [2.24, 2.45) is 0 Å². The number of hydrogen-bond acceptors (Lipinski definition) is 5. The maximum atomic E-state index is 13.5. The van der Waals surface area contributed by atoms with E-state index in [1.807, 2.05) is 4.72 Å². The largest absolute Gasteiger partial charge is 0.268 e. The molecule has 0 spiro atoms. The number of nitrogens with zero attached hydrogens (tertiary/aromatic N) is 2. The molecule has 2 rings (SSSR count). The van der Waals surface area contributed by atoms with Gasteiger partial charge in [-0.2, -0.15) is 5.26 Å². The standard InChI is InChI=1S/C15H12FN3O3S/c1-2-10-3-12(6-13(16)4-10)15(20)19-23(21,22)14-5-11(7-17)8-18-9-14/h3-6,8-9H,2H2,1H3,(H,19,20). The van der Waals surface area contributed by atoms with Gasteiger partial charge in [-0.3, -0.25) is 9.78 Å². The van der Waals surface area contributed by atoms with Crippen molar-refractivity contribution in [1.29, 1.82) is 5.26 Å². The second kappa shape index (κ2) is 6.54. The van der Waals surface area contributed by atoms with E-state index in [0.29, 0.717) is 12.0 Å². The van der Waals surface area contributed by atoms with E-state index < -0.39 is 21.7 Å². The highest BCUT2D eigenvalue weighted by Crippen LogP contribution is 2.13. The van der Waals surface area contributed by atoms with Gasteiger partial charge in [-0.25, -0.2) is 17.5 Å². The van der Waals surface area contributed by atoms with Crippen molar-refractivity contribution in [3.05, 3.63) is 59.2 Å². The number of rotatable bonds is 4. The second-order valence-corrected chi connectivity index (χ2v) is 6.34. The lowest BCUT2D eigenvalue weighted by atomic mass is 10.1. The molecule has 118 valence electrons. The second-order valence-electron chi connectivity index (χ2n) is 4.66. The molecule has 23 heavy (non-hydrogen) atoms. The predicted octanol–water partition coefficient (Wildman–Crippen LogP) is 1.77. The summed E-state index contributed by atoms with van der Waals surface area (Å²) in [4.78, 5) is 15.4. The normalized spacial score (nSPS) is 10.8. The first-order valence-electron chi connectivity index (χ1n) is 6.57. The Kier molecular flexibility index (Phi) is 4.71. The number of carbonyl (C=O) groups is 1. The summed E-state index contributed by atoms with van der Waals surface area (Å²) < 4.78 is 39.6. The quantitative estimate of drug-likeness (QED) is 0.919. The third kappa shape index (κ3) is 3.90. The molecule has 0 saturated heterocycles. The average molecular weight is 333 g/mol. The van der Waals surface area contributed by atoms with Gasteiger partial charge in [0.1, 0.15) is 16.8 Å². The molecule has 0 atom stereocenters. The van der Waals surface area contributed by atoms with Crippen LogP contribution in [0.2, 0.25) is 0 Å². The van der Waals surface area contributed by atoms with Crippen LogP contribution in [0.5, 0.6) is 0 Å². The number of carbonyl (C=O) groups excluding carboxylic acids is 1. The van der Waals surface area contributed by atoms with Gasteiger partial charge in [-0.15, -0.1) is 0 Å². The molecule has 0 radical (unpaired) electrons. The van der Waals surface area contributed by atoms with Crippen LogP contribution in [0, 0.1) is 17.1 Å². The van der Waals surface area contributed by atoms with Gasteiger partial charge in [0.05, 0.1) is 5.56 Å². The molecule has 1 amide bonds. The highest BCUT2D eigenvalue weighted by molar-refractivity contribution is 7.90. The number of aryl methyl sites for hydroxylation is 1. The minimum Gasteiger partial charge on any atom is -0.268 e. The zero-order valence-corrected chi connectivity index (χ0v) is 12.9. The lowest BCUT2D eigenvalue weighted by Crippen LogP contribution is -2.30. The van der Waals surface area contributed by atoms with E-state index in [2.05, 4.69) is 4.98 Å². The van der Waals surface area contributed by atoms with Crippen LogP contribution in [-0.4, -0.2) is 19.3 Å². The first-order chi connectivity index (χ1) is 10.9. The summed E-state index contributed by atoms with van der Waals surface area (Å²) in [6.45, 7) is 1.78. The Hall–Kier alpha value is -2.79. The Morgan fingerprint density at radius 1 is 1.30 bits per heavy atom. The number of halogens is 1. The van der Waals surface area contributed by atoms with Crippen LogP contribution in [-0.2, 0) is 16.4 Å². The Morgan fingerprint density at radius 3 is 2.70 bits per heavy atom. The molecule has 1 heterocycles. The summed E-state index contributed by atoms with van der Waals surface area (Å²) in [7, 11) is -4.21. The van der Waals surface area contributed by atoms with Gasteiger partial charge in [0.2, 0.25) is 0 Å². The molecule has 0 saturated carbocycles. The lowest BCUT2D eigenvalue weighted by Gasteiger charge is -2.08. The van der Waals surface area contributed by atoms with E-state index in [-0.39, 0.29) is 16.0 Å². The van der Waals surface area contributed by atoms with Gasteiger partial charge >= 0.3 is 0 Å². The van der Waals surface area contributed by atoms with E-state index in [4.69, 9.17) is 5.26 Å². The topological polar surface area (TPSA) is 99.9 Å². The molecule has 6 nitrogen and oxygen atoms in total. The van der Waals surface area contributed by atoms with Crippen molar-refractivity contribution in [1.82, 2.24) is 9.71 Å². The van der Waals surface area contributed by atoms with Crippen molar-refractivity contribution in [2.45, 2.75) is 18.2 Å². The Balaban J connectivity index is 2.32. The Morgan fingerprint density at radius 2 is 2.04 bits per heavy atom. The molecule has 0 unspecified atom stereocenters. The predicted molar refractivity (Wildman–Crippen MR) is 79.4 cm³/mol. The van der Waals surface area contributed by atoms with Gasteiger partial charge < -0.3 is 0 Å². The zero-order valence-electron chi connectivity index (χ0n) is 12.1. The summed E-state index contributed by atoms with van der Waals surface area (Å²) in [5, 5.41) is 8.76. The molecule has 0 aliphatic rings. The van der Waals surface area contributed by atoms with E-state index in [1.165, 1.54) is 18.3 Å². The number of nitriles is 1. The Bertz CT molecular complexity index is 904. The molecular formula is C15H12FN3O3S. The number of nitrogens with one attached hydrogen (secondary N) is 1. The molecule has 0 aliphatic heterocycles. The minimum atomic E-state index is -4.21. The smallest absolute Gasteiger partial charge is 0.265 e. The summed E-state index contributed by atoms with van der Waals surface area (Å²) in [5.41, 5.74) is 0.509. The maximum Gasteiger partial charge on any atom is 0.265 e. The molecule has 2 aromatic rings. The fourth-order valence-corrected chi connectivity index (χ4v) is 2.81. The van der Waals surface area contributed by atoms with E-state index in [9.17, 15) is 17.6 Å². The van der Waals surface area contributed by atoms with Gasteiger partial charge in [-0.1, -0.05) is 6.92 Å². The van der Waals surface area contributed by atoms with Crippen molar-refractivity contribution < 1.29 is 17.6 Å². The number of aromatic nitrogens is 1. The summed E-state index contributed by atoms with van der Waals surface area (Å²) in [6.07, 6.45) is 2.71. The van der Waals surface area contributed by atoms with Crippen LogP contribution >= 0.6 is 0 Å². The van der Waals surface area contributed by atoms with Crippen molar-refractivity contribution in [3.8, 4) is 6.07 Å². The molecular weight excluding hydrogens is 321 g/mol. The zero-order chi connectivity index (χ0) is 17.0. The van der Waals surface area contributed by atoms with Crippen LogP contribution < -0.4 is 4.72 Å². The lowest BCUT2D eigenvalue weighted by molar-refractivity contribution is 0.0981. The first kappa shape index (κ1) is 16.6. The fourth-order valence-electron chi connectivity index (χ4n) is 1.85. The molecule has 0 aliphatic carbocycles. The number of amides is 1. The SMILES string of the molecule is CCc1cc(F)cc(C(=O)NS(=O)(=O)c2cncc(C#N)c2)c1. The van der Waals surface area contributed by atoms with Crippen LogP contribution in [0.4, 0.5) is 4.39 Å². The average Bonchev–Trinajstić information content (AvgIpc) is 2.53. The van der Waals surface area contributed by atoms with Gasteiger partial charge in [0.15, 0.2) is 0 Å². The highest BCUT2D eigenvalue weighted by atomic mass is 32.2. The van der Waals surface area contributed by atoms with Crippen LogP contribution in [0.1, 0.15) is 28.4 Å². The monoisotopic (exact) mass is 333 g/mol. The number of pyridine rings is 1. The highest BCUT2D eigenvalue weighted by Gasteiger charge is 2.20. The number of sulfonamides is 1. The number of benzene rings is 1. The third-order valence-corrected chi connectivity index (χ3v) is 4.31.